The molecule has 0 aliphatic carbocycles. The Morgan fingerprint density at radius 2 is 1.89 bits per heavy atom. The van der Waals surface area contributed by atoms with Crippen molar-refractivity contribution < 1.29 is 0 Å². The fourth-order valence-corrected chi connectivity index (χ4v) is 1.73. The molecule has 0 atom stereocenters. The zero-order chi connectivity index (χ0) is 13.7. The summed E-state index contributed by atoms with van der Waals surface area (Å²) in [7, 11) is 1.48. The van der Waals surface area contributed by atoms with Crippen molar-refractivity contribution in [1.82, 2.24) is 9.13 Å². The highest BCUT2D eigenvalue weighted by Crippen LogP contribution is 2.11. The smallest absolute Gasteiger partial charge is 0.332 e. The summed E-state index contributed by atoms with van der Waals surface area (Å²) in [5, 5.41) is 3.00. The maximum absolute atomic E-state index is 12.0. The minimum atomic E-state index is -0.362. The van der Waals surface area contributed by atoms with E-state index >= 15 is 0 Å². The van der Waals surface area contributed by atoms with Crippen LogP contribution >= 0.6 is 0 Å². The maximum atomic E-state index is 12.0. The molecule has 1 aromatic rings. The van der Waals surface area contributed by atoms with E-state index < -0.39 is 0 Å². The molecule has 1 aromatic heterocycles. The molecule has 6 heteroatoms. The van der Waals surface area contributed by atoms with Crippen molar-refractivity contribution in [1.29, 1.82) is 0 Å². The molecule has 0 saturated carbocycles. The predicted octanol–water partition coefficient (Wildman–Crippen LogP) is 0.751. The van der Waals surface area contributed by atoms with Crippen LogP contribution < -0.4 is 22.3 Å². The monoisotopic (exact) mass is 254 g/mol. The van der Waals surface area contributed by atoms with E-state index in [1.165, 1.54) is 11.6 Å². The Kier molecular flexibility index (Phi) is 5.00. The van der Waals surface area contributed by atoms with Gasteiger partial charge in [0.05, 0.1) is 0 Å². The molecule has 1 rings (SSSR count). The van der Waals surface area contributed by atoms with Crippen molar-refractivity contribution in [3.63, 3.8) is 0 Å². The van der Waals surface area contributed by atoms with Crippen LogP contribution in [-0.4, -0.2) is 15.7 Å². The fourth-order valence-electron chi connectivity index (χ4n) is 1.73. The Balaban J connectivity index is 3.30. The molecular formula is C12H22N4O2. The molecule has 0 bridgehead atoms. The van der Waals surface area contributed by atoms with E-state index in [9.17, 15) is 9.59 Å². The number of unbranched alkanes of at least 4 members (excludes halogenated alkanes) is 1. The zero-order valence-electron chi connectivity index (χ0n) is 11.3. The van der Waals surface area contributed by atoms with E-state index in [0.29, 0.717) is 18.8 Å². The van der Waals surface area contributed by atoms with Gasteiger partial charge in [0.1, 0.15) is 11.5 Å². The second-order valence-corrected chi connectivity index (χ2v) is 4.34. The first-order chi connectivity index (χ1) is 8.54. The Hall–Kier alpha value is -1.72. The average Bonchev–Trinajstić information content (AvgIpc) is 2.36. The molecule has 3 N–H and O–H groups in total. The topological polar surface area (TPSA) is 82.0 Å². The molecule has 0 saturated heterocycles. The van der Waals surface area contributed by atoms with Crippen LogP contribution in [0.15, 0.2) is 9.59 Å². The number of hydrogen-bond acceptors (Lipinski definition) is 4. The SMILES string of the molecule is CCCCn1c(N)c(NCCC)c(=O)n(C)c1=O. The lowest BCUT2D eigenvalue weighted by Crippen LogP contribution is -2.40. The number of nitrogen functional groups attached to an aromatic ring is 1. The number of aromatic nitrogens is 2. The third-order valence-electron chi connectivity index (χ3n) is 2.87. The third kappa shape index (κ3) is 2.75. The van der Waals surface area contributed by atoms with Gasteiger partial charge < -0.3 is 11.1 Å². The van der Waals surface area contributed by atoms with Gasteiger partial charge in [-0.15, -0.1) is 0 Å². The summed E-state index contributed by atoms with van der Waals surface area (Å²) in [6.45, 7) is 5.24. The van der Waals surface area contributed by atoms with E-state index in [4.69, 9.17) is 5.73 Å². The summed E-state index contributed by atoms with van der Waals surface area (Å²) in [4.78, 5) is 23.9. The fraction of sp³-hybridized carbons (Fsp3) is 0.667. The van der Waals surface area contributed by atoms with Crippen LogP contribution in [0, 0.1) is 0 Å². The van der Waals surface area contributed by atoms with Crippen LogP contribution in [0.5, 0.6) is 0 Å². The van der Waals surface area contributed by atoms with E-state index in [1.54, 1.807) is 0 Å². The number of nitrogens with two attached hydrogens (primary N) is 1. The van der Waals surface area contributed by atoms with Crippen LogP contribution in [-0.2, 0) is 13.6 Å². The lowest BCUT2D eigenvalue weighted by Gasteiger charge is -2.15. The molecule has 0 aliphatic heterocycles. The molecule has 1 heterocycles. The largest absolute Gasteiger partial charge is 0.383 e. The lowest BCUT2D eigenvalue weighted by molar-refractivity contribution is 0.575. The quantitative estimate of drug-likeness (QED) is 0.785. The van der Waals surface area contributed by atoms with Crippen molar-refractivity contribution in [2.75, 3.05) is 17.6 Å². The molecule has 0 amide bonds. The minimum Gasteiger partial charge on any atom is -0.383 e. The highest BCUT2D eigenvalue weighted by molar-refractivity contribution is 5.60. The highest BCUT2D eigenvalue weighted by Gasteiger charge is 2.14. The molecule has 102 valence electrons. The van der Waals surface area contributed by atoms with Gasteiger partial charge in [0.15, 0.2) is 0 Å². The van der Waals surface area contributed by atoms with Crippen molar-refractivity contribution in [2.45, 2.75) is 39.7 Å². The Bertz CT molecular complexity index is 473. The van der Waals surface area contributed by atoms with Crippen molar-refractivity contribution in [3.05, 3.63) is 20.8 Å². The van der Waals surface area contributed by atoms with Crippen molar-refractivity contribution in [2.24, 2.45) is 7.05 Å². The molecule has 0 aromatic carbocycles. The van der Waals surface area contributed by atoms with Gasteiger partial charge in [0, 0.05) is 20.1 Å². The van der Waals surface area contributed by atoms with Crippen LogP contribution in [0.1, 0.15) is 33.1 Å². The van der Waals surface area contributed by atoms with Gasteiger partial charge in [0.25, 0.3) is 5.56 Å². The molecule has 0 aliphatic rings. The van der Waals surface area contributed by atoms with Gasteiger partial charge in [-0.1, -0.05) is 20.3 Å². The first-order valence-electron chi connectivity index (χ1n) is 6.37. The average molecular weight is 254 g/mol. The molecule has 18 heavy (non-hydrogen) atoms. The normalized spacial score (nSPS) is 10.6. The van der Waals surface area contributed by atoms with Crippen molar-refractivity contribution in [3.8, 4) is 0 Å². The van der Waals surface area contributed by atoms with Gasteiger partial charge in [-0.05, 0) is 12.8 Å². The van der Waals surface area contributed by atoms with Gasteiger partial charge in [0.2, 0.25) is 0 Å². The predicted molar refractivity (Wildman–Crippen MR) is 74.0 cm³/mol. The lowest BCUT2D eigenvalue weighted by atomic mass is 10.3. The van der Waals surface area contributed by atoms with Gasteiger partial charge in [-0.2, -0.15) is 0 Å². The second kappa shape index (κ2) is 6.28. The molecule has 0 unspecified atom stereocenters. The van der Waals surface area contributed by atoms with E-state index in [-0.39, 0.29) is 17.1 Å². The molecule has 0 spiro atoms. The van der Waals surface area contributed by atoms with E-state index in [2.05, 4.69) is 5.32 Å². The summed E-state index contributed by atoms with van der Waals surface area (Å²) in [6.07, 6.45) is 2.71. The Labute approximate surface area is 106 Å². The van der Waals surface area contributed by atoms with Crippen LogP contribution in [0.2, 0.25) is 0 Å². The van der Waals surface area contributed by atoms with Crippen molar-refractivity contribution >= 4 is 11.5 Å². The molecule has 0 fully saturated rings. The summed E-state index contributed by atoms with van der Waals surface area (Å²) >= 11 is 0. The summed E-state index contributed by atoms with van der Waals surface area (Å²) in [5.41, 5.74) is 5.54. The summed E-state index contributed by atoms with van der Waals surface area (Å²) in [6, 6.07) is 0. The first-order valence-corrected chi connectivity index (χ1v) is 6.37. The molecular weight excluding hydrogens is 232 g/mol. The first kappa shape index (κ1) is 14.3. The van der Waals surface area contributed by atoms with Crippen LogP contribution in [0.4, 0.5) is 11.5 Å². The van der Waals surface area contributed by atoms with Gasteiger partial charge in [-0.3, -0.25) is 13.9 Å². The van der Waals surface area contributed by atoms with Crippen LogP contribution in [0.25, 0.3) is 0 Å². The van der Waals surface area contributed by atoms with Gasteiger partial charge in [-0.25, -0.2) is 4.79 Å². The third-order valence-corrected chi connectivity index (χ3v) is 2.87. The second-order valence-electron chi connectivity index (χ2n) is 4.34. The number of nitrogens with one attached hydrogen (secondary N) is 1. The van der Waals surface area contributed by atoms with Gasteiger partial charge >= 0.3 is 5.69 Å². The highest BCUT2D eigenvalue weighted by atomic mass is 16.2. The summed E-state index contributed by atoms with van der Waals surface area (Å²) in [5.74, 6) is 0.241. The Morgan fingerprint density at radius 1 is 1.22 bits per heavy atom. The van der Waals surface area contributed by atoms with E-state index in [1.807, 2.05) is 13.8 Å². The Morgan fingerprint density at radius 3 is 2.44 bits per heavy atom. The number of hydrogen-bond donors (Lipinski definition) is 2. The zero-order valence-corrected chi connectivity index (χ0v) is 11.3. The standard InChI is InChI=1S/C12H22N4O2/c1-4-6-8-16-10(13)9(14-7-5-2)11(17)15(3)12(16)18/h14H,4-8,13H2,1-3H3. The van der Waals surface area contributed by atoms with E-state index in [0.717, 1.165) is 23.8 Å². The number of rotatable bonds is 6. The van der Waals surface area contributed by atoms with Crippen LogP contribution in [0.3, 0.4) is 0 Å². The molecule has 0 radical (unpaired) electrons. The minimum absolute atomic E-state index is 0.241. The molecule has 6 nitrogen and oxygen atoms in total. The summed E-state index contributed by atoms with van der Waals surface area (Å²) < 4.78 is 2.56. The maximum Gasteiger partial charge on any atom is 0.332 e. The number of nitrogens with zero attached hydrogens (tertiary/aromatic N) is 2. The number of anilines is 2.